The van der Waals surface area contributed by atoms with Gasteiger partial charge in [-0.1, -0.05) is 36.2 Å². The number of halogens is 2. The summed E-state index contributed by atoms with van der Waals surface area (Å²) in [6.07, 6.45) is 2.94. The fourth-order valence-electron chi connectivity index (χ4n) is 4.26. The molecule has 0 N–H and O–H groups in total. The zero-order valence-corrected chi connectivity index (χ0v) is 18.9. The number of aliphatic imine (C=N–C) groups is 1. The molecule has 2 aliphatic heterocycles. The number of hydrogen-bond acceptors (Lipinski definition) is 7. The minimum absolute atomic E-state index is 0.0497. The van der Waals surface area contributed by atoms with Crippen LogP contribution in [-0.4, -0.2) is 52.7 Å². The number of amides is 3. The Morgan fingerprint density at radius 1 is 1.22 bits per heavy atom. The SMILES string of the molecule is CCOC(=O)CN1C(=O)CSC1=Nc1cc(N2C(=O)C3CCCCC3C2=O)c(F)cc1Cl. The average molecular weight is 482 g/mol. The van der Waals surface area contributed by atoms with Crippen molar-refractivity contribution in [1.29, 1.82) is 0 Å². The maximum atomic E-state index is 14.8. The average Bonchev–Trinajstić information content (AvgIpc) is 3.22. The minimum atomic E-state index is -0.808. The molecule has 8 nitrogen and oxygen atoms in total. The Kier molecular flexibility index (Phi) is 6.52. The van der Waals surface area contributed by atoms with E-state index in [9.17, 15) is 23.6 Å². The molecule has 11 heteroatoms. The van der Waals surface area contributed by atoms with Crippen LogP contribution in [0.15, 0.2) is 17.1 Å². The molecule has 2 unspecified atom stereocenters. The summed E-state index contributed by atoms with van der Waals surface area (Å²) < 4.78 is 19.7. The molecule has 170 valence electrons. The van der Waals surface area contributed by atoms with Crippen LogP contribution in [0, 0.1) is 17.7 Å². The number of rotatable bonds is 5. The van der Waals surface area contributed by atoms with Gasteiger partial charge in [-0.05, 0) is 31.9 Å². The number of imide groups is 1. The van der Waals surface area contributed by atoms with E-state index < -0.39 is 35.4 Å². The van der Waals surface area contributed by atoms with Crippen LogP contribution in [0.4, 0.5) is 15.8 Å². The standard InChI is InChI=1S/C21H21ClFN3O5S/c1-2-31-18(28)9-25-17(27)10-32-21(25)24-15-8-16(14(23)7-13(15)22)26-19(29)11-5-3-4-6-12(11)20(26)30/h7-8,11-12H,2-6,9-10H2,1H3. The van der Waals surface area contributed by atoms with Crippen LogP contribution in [-0.2, 0) is 23.9 Å². The lowest BCUT2D eigenvalue weighted by atomic mass is 9.81. The normalized spacial score (nSPS) is 24.5. The first-order valence-corrected chi connectivity index (χ1v) is 11.7. The summed E-state index contributed by atoms with van der Waals surface area (Å²) in [6.45, 7) is 1.52. The molecule has 1 aromatic carbocycles. The van der Waals surface area contributed by atoms with Crippen LogP contribution in [0.25, 0.3) is 0 Å². The number of anilines is 1. The van der Waals surface area contributed by atoms with Gasteiger partial charge in [0.05, 0.1) is 40.6 Å². The fraction of sp³-hybridized carbons (Fsp3) is 0.476. The second-order valence-corrected chi connectivity index (χ2v) is 9.08. The number of nitrogens with zero attached hydrogens (tertiary/aromatic N) is 3. The predicted octanol–water partition coefficient (Wildman–Crippen LogP) is 3.28. The highest BCUT2D eigenvalue weighted by atomic mass is 35.5. The Balaban J connectivity index is 1.67. The third-order valence-electron chi connectivity index (χ3n) is 5.76. The van der Waals surface area contributed by atoms with Gasteiger partial charge in [0, 0.05) is 0 Å². The van der Waals surface area contributed by atoms with Gasteiger partial charge in [0.25, 0.3) is 0 Å². The molecule has 2 saturated heterocycles. The zero-order valence-electron chi connectivity index (χ0n) is 17.3. The van der Waals surface area contributed by atoms with E-state index in [1.165, 1.54) is 11.0 Å². The molecule has 2 atom stereocenters. The zero-order chi connectivity index (χ0) is 23.0. The van der Waals surface area contributed by atoms with Crippen LogP contribution in [0.5, 0.6) is 0 Å². The highest BCUT2D eigenvalue weighted by Crippen LogP contribution is 2.43. The van der Waals surface area contributed by atoms with Crippen LogP contribution >= 0.6 is 23.4 Å². The van der Waals surface area contributed by atoms with Gasteiger partial charge in [0.2, 0.25) is 17.7 Å². The van der Waals surface area contributed by atoms with Crippen molar-refractivity contribution in [2.24, 2.45) is 16.8 Å². The second-order valence-electron chi connectivity index (χ2n) is 7.73. The van der Waals surface area contributed by atoms with Gasteiger partial charge in [0.1, 0.15) is 12.4 Å². The van der Waals surface area contributed by atoms with Crippen molar-refractivity contribution >= 4 is 63.6 Å². The topological polar surface area (TPSA) is 96.3 Å². The van der Waals surface area contributed by atoms with Crippen molar-refractivity contribution in [3.05, 3.63) is 23.0 Å². The third-order valence-corrected chi connectivity index (χ3v) is 7.03. The molecule has 1 aromatic rings. The van der Waals surface area contributed by atoms with E-state index in [0.29, 0.717) is 12.8 Å². The van der Waals surface area contributed by atoms with E-state index in [1.54, 1.807) is 6.92 Å². The third kappa shape index (κ3) is 4.13. The van der Waals surface area contributed by atoms with E-state index >= 15 is 0 Å². The van der Waals surface area contributed by atoms with Crippen molar-refractivity contribution in [2.45, 2.75) is 32.6 Å². The number of benzene rings is 1. The molecule has 0 radical (unpaired) electrons. The number of esters is 1. The van der Waals surface area contributed by atoms with Crippen molar-refractivity contribution in [3.8, 4) is 0 Å². The number of fused-ring (bicyclic) bond motifs is 1. The summed E-state index contributed by atoms with van der Waals surface area (Å²) >= 11 is 7.28. The molecule has 1 aliphatic carbocycles. The molecule has 4 rings (SSSR count). The molecule has 0 spiro atoms. The van der Waals surface area contributed by atoms with Crippen molar-refractivity contribution in [3.63, 3.8) is 0 Å². The number of hydrogen-bond donors (Lipinski definition) is 0. The molecule has 1 saturated carbocycles. The predicted molar refractivity (Wildman–Crippen MR) is 117 cm³/mol. The lowest BCUT2D eigenvalue weighted by Gasteiger charge is -2.19. The van der Waals surface area contributed by atoms with Gasteiger partial charge in [0.15, 0.2) is 5.17 Å². The molecular formula is C21H21ClFN3O5S. The Morgan fingerprint density at radius 2 is 1.88 bits per heavy atom. The van der Waals surface area contributed by atoms with Crippen molar-refractivity contribution in [2.75, 3.05) is 23.8 Å². The van der Waals surface area contributed by atoms with Crippen molar-refractivity contribution in [1.82, 2.24) is 4.90 Å². The maximum Gasteiger partial charge on any atom is 0.326 e. The largest absolute Gasteiger partial charge is 0.465 e. The molecule has 0 aromatic heterocycles. The molecule has 3 aliphatic rings. The van der Waals surface area contributed by atoms with Gasteiger partial charge in [-0.2, -0.15) is 0 Å². The van der Waals surface area contributed by atoms with E-state index in [-0.39, 0.29) is 46.4 Å². The lowest BCUT2D eigenvalue weighted by Crippen LogP contribution is -2.35. The van der Waals surface area contributed by atoms with Gasteiger partial charge in [-0.15, -0.1) is 0 Å². The number of carbonyl (C=O) groups is 4. The minimum Gasteiger partial charge on any atom is -0.465 e. The highest BCUT2D eigenvalue weighted by molar-refractivity contribution is 8.15. The molecule has 32 heavy (non-hydrogen) atoms. The molecule has 0 bridgehead atoms. The Morgan fingerprint density at radius 3 is 2.50 bits per heavy atom. The van der Waals surface area contributed by atoms with Gasteiger partial charge < -0.3 is 4.74 Å². The monoisotopic (exact) mass is 481 g/mol. The molecular weight excluding hydrogens is 461 g/mol. The molecule has 2 heterocycles. The number of ether oxygens (including phenoxy) is 1. The first kappa shape index (κ1) is 22.7. The van der Waals surface area contributed by atoms with Crippen LogP contribution in [0.2, 0.25) is 5.02 Å². The molecule has 3 fully saturated rings. The summed E-state index contributed by atoms with van der Waals surface area (Å²) in [7, 11) is 0. The van der Waals surface area contributed by atoms with Crippen LogP contribution in [0.1, 0.15) is 32.6 Å². The van der Waals surface area contributed by atoms with E-state index in [2.05, 4.69) is 4.99 Å². The number of amidine groups is 1. The van der Waals surface area contributed by atoms with Gasteiger partial charge in [-0.3, -0.25) is 24.1 Å². The van der Waals surface area contributed by atoms with Gasteiger partial charge >= 0.3 is 5.97 Å². The number of thioether (sulfide) groups is 1. The van der Waals surface area contributed by atoms with E-state index in [4.69, 9.17) is 16.3 Å². The summed E-state index contributed by atoms with van der Waals surface area (Å²) in [4.78, 5) is 56.2. The maximum absolute atomic E-state index is 14.8. The Hall–Kier alpha value is -2.46. The first-order chi connectivity index (χ1) is 15.3. The van der Waals surface area contributed by atoms with Crippen molar-refractivity contribution < 1.29 is 28.3 Å². The van der Waals surface area contributed by atoms with Crippen LogP contribution < -0.4 is 4.90 Å². The van der Waals surface area contributed by atoms with E-state index in [0.717, 1.165) is 35.6 Å². The summed E-state index contributed by atoms with van der Waals surface area (Å²) in [5, 5.41) is 0.154. The lowest BCUT2D eigenvalue weighted by molar-refractivity contribution is -0.145. The van der Waals surface area contributed by atoms with Crippen LogP contribution in [0.3, 0.4) is 0 Å². The number of carbonyl (C=O) groups excluding carboxylic acids is 4. The smallest absolute Gasteiger partial charge is 0.326 e. The molecule has 3 amide bonds. The summed E-state index contributed by atoms with van der Waals surface area (Å²) in [6, 6.07) is 2.24. The fourth-order valence-corrected chi connectivity index (χ4v) is 5.35. The first-order valence-electron chi connectivity index (χ1n) is 10.4. The second kappa shape index (κ2) is 9.19. The Bertz CT molecular complexity index is 1010. The summed E-state index contributed by atoms with van der Waals surface area (Å²) in [5.41, 5.74) is -0.117. The van der Waals surface area contributed by atoms with Gasteiger partial charge in [-0.25, -0.2) is 14.3 Å². The Labute approximate surface area is 193 Å². The highest BCUT2D eigenvalue weighted by Gasteiger charge is 2.49. The quantitative estimate of drug-likeness (QED) is 0.473. The summed E-state index contributed by atoms with van der Waals surface area (Å²) in [5.74, 6) is -3.31. The van der Waals surface area contributed by atoms with E-state index in [1.807, 2.05) is 0 Å².